The smallest absolute Gasteiger partial charge is 0.145 e. The van der Waals surface area contributed by atoms with Crippen LogP contribution in [0.5, 0.6) is 0 Å². The molecule has 86 valence electrons. The third-order valence-corrected chi connectivity index (χ3v) is 1.72. The second-order valence-electron chi connectivity index (χ2n) is 3.00. The van der Waals surface area contributed by atoms with Gasteiger partial charge in [-0.05, 0) is 24.1 Å². The lowest BCUT2D eigenvalue weighted by Crippen LogP contribution is -1.99. The summed E-state index contributed by atoms with van der Waals surface area (Å²) >= 11 is 0. The monoisotopic (exact) mass is 230 g/mol. The summed E-state index contributed by atoms with van der Waals surface area (Å²) in [5.74, 6) is 5.01. The predicted octanol–water partition coefficient (Wildman–Crippen LogP) is 1.29. The number of benzene rings is 1. The molecular weight excluding hydrogens is 219 g/mol. The highest BCUT2D eigenvalue weighted by atomic mass is 19.1. The van der Waals surface area contributed by atoms with Gasteiger partial charge in [0.2, 0.25) is 0 Å². The van der Waals surface area contributed by atoms with E-state index >= 15 is 0 Å². The standard InChI is InChI=1S/C13H11FN2O/c14-12-3-1-2-11(10-12)4-5-13(6-9-17)16-8-7-15/h1-3,6,8-10H,7,15H2. The number of nitrogens with zero attached hydrogens (tertiary/aromatic N) is 1. The van der Waals surface area contributed by atoms with Crippen molar-refractivity contribution in [2.24, 2.45) is 10.7 Å². The number of allylic oxidation sites excluding steroid dienone is 2. The molecule has 0 unspecified atom stereocenters. The number of carbonyl (C=O) groups is 1. The van der Waals surface area contributed by atoms with Gasteiger partial charge in [-0.2, -0.15) is 0 Å². The fourth-order valence-corrected chi connectivity index (χ4v) is 1.03. The average molecular weight is 230 g/mol. The number of hydrogen-bond donors (Lipinski definition) is 1. The van der Waals surface area contributed by atoms with Crippen molar-refractivity contribution in [2.75, 3.05) is 6.54 Å². The van der Waals surface area contributed by atoms with Crippen LogP contribution < -0.4 is 5.73 Å². The van der Waals surface area contributed by atoms with Crippen LogP contribution in [0.25, 0.3) is 0 Å². The number of aldehydes is 1. The van der Waals surface area contributed by atoms with Crippen LogP contribution in [0.4, 0.5) is 4.39 Å². The highest BCUT2D eigenvalue weighted by Gasteiger charge is 1.91. The first-order valence-corrected chi connectivity index (χ1v) is 4.92. The third kappa shape index (κ3) is 4.87. The van der Waals surface area contributed by atoms with Crippen LogP contribution in [-0.2, 0) is 4.79 Å². The maximum Gasteiger partial charge on any atom is 0.145 e. The zero-order chi connectivity index (χ0) is 12.5. The molecule has 2 N–H and O–H groups in total. The third-order valence-electron chi connectivity index (χ3n) is 1.72. The Morgan fingerprint density at radius 3 is 3.00 bits per heavy atom. The average Bonchev–Trinajstić information content (AvgIpc) is 2.33. The summed E-state index contributed by atoms with van der Waals surface area (Å²) < 4.78 is 12.9. The minimum absolute atomic E-state index is 0.262. The largest absolute Gasteiger partial charge is 0.326 e. The van der Waals surface area contributed by atoms with Crippen molar-refractivity contribution in [3.8, 4) is 11.8 Å². The SMILES string of the molecule is NCC=NC(C#Cc1cccc(F)c1)=CC=O. The van der Waals surface area contributed by atoms with Crippen molar-refractivity contribution in [1.82, 2.24) is 0 Å². The Bertz CT molecular complexity index is 510. The van der Waals surface area contributed by atoms with Crippen LogP contribution in [0.2, 0.25) is 0 Å². The molecular formula is C13H11FN2O. The van der Waals surface area contributed by atoms with Gasteiger partial charge in [0.15, 0.2) is 0 Å². The van der Waals surface area contributed by atoms with Crippen LogP contribution >= 0.6 is 0 Å². The Kier molecular flexibility index (Phi) is 5.35. The molecule has 0 atom stereocenters. The van der Waals surface area contributed by atoms with Crippen molar-refractivity contribution < 1.29 is 9.18 Å². The maximum absolute atomic E-state index is 12.9. The Morgan fingerprint density at radius 2 is 2.35 bits per heavy atom. The molecule has 0 amide bonds. The summed E-state index contributed by atoms with van der Waals surface area (Å²) in [5, 5.41) is 0. The molecule has 0 aliphatic carbocycles. The molecule has 0 aliphatic heterocycles. The normalized spacial score (nSPS) is 11.1. The van der Waals surface area contributed by atoms with E-state index < -0.39 is 0 Å². The van der Waals surface area contributed by atoms with Gasteiger partial charge in [0, 0.05) is 24.4 Å². The number of carbonyl (C=O) groups excluding carboxylic acids is 1. The first-order valence-electron chi connectivity index (χ1n) is 4.92. The van der Waals surface area contributed by atoms with Gasteiger partial charge < -0.3 is 5.73 Å². The quantitative estimate of drug-likeness (QED) is 0.368. The molecule has 0 fully saturated rings. The molecule has 0 aliphatic rings. The molecule has 0 saturated carbocycles. The molecule has 1 rings (SSSR count). The maximum atomic E-state index is 12.9. The number of hydrogen-bond acceptors (Lipinski definition) is 3. The van der Waals surface area contributed by atoms with Crippen LogP contribution in [0, 0.1) is 17.7 Å². The summed E-state index contributed by atoms with van der Waals surface area (Å²) in [6.07, 6.45) is 3.25. The Hall–Kier alpha value is -2.25. The summed E-state index contributed by atoms with van der Waals surface area (Å²) in [6.45, 7) is 0.262. The fraction of sp³-hybridized carbons (Fsp3) is 0.0769. The van der Waals surface area contributed by atoms with Crippen LogP contribution in [-0.4, -0.2) is 19.0 Å². The van der Waals surface area contributed by atoms with Gasteiger partial charge in [-0.15, -0.1) is 0 Å². The highest BCUT2D eigenvalue weighted by molar-refractivity contribution is 5.70. The molecule has 1 aromatic carbocycles. The first kappa shape index (κ1) is 12.8. The van der Waals surface area contributed by atoms with E-state index in [9.17, 15) is 9.18 Å². The molecule has 0 radical (unpaired) electrons. The molecule has 17 heavy (non-hydrogen) atoms. The van der Waals surface area contributed by atoms with Gasteiger partial charge in [0.1, 0.15) is 17.8 Å². The Morgan fingerprint density at radius 1 is 1.53 bits per heavy atom. The molecule has 3 nitrogen and oxygen atoms in total. The second kappa shape index (κ2) is 7.09. The lowest BCUT2D eigenvalue weighted by atomic mass is 10.2. The van der Waals surface area contributed by atoms with Gasteiger partial charge in [0.25, 0.3) is 0 Å². The van der Waals surface area contributed by atoms with E-state index in [1.54, 1.807) is 12.1 Å². The second-order valence-corrected chi connectivity index (χ2v) is 3.00. The Labute approximate surface area is 98.9 Å². The van der Waals surface area contributed by atoms with E-state index in [2.05, 4.69) is 16.8 Å². The van der Waals surface area contributed by atoms with Crippen molar-refractivity contribution in [3.63, 3.8) is 0 Å². The van der Waals surface area contributed by atoms with Gasteiger partial charge in [-0.3, -0.25) is 9.79 Å². The lowest BCUT2D eigenvalue weighted by molar-refractivity contribution is -0.104. The van der Waals surface area contributed by atoms with E-state index in [0.29, 0.717) is 11.8 Å². The zero-order valence-electron chi connectivity index (χ0n) is 9.06. The summed E-state index contributed by atoms with van der Waals surface area (Å²) in [7, 11) is 0. The van der Waals surface area contributed by atoms with Crippen LogP contribution in [0.1, 0.15) is 5.56 Å². The van der Waals surface area contributed by atoms with Gasteiger partial charge in [-0.1, -0.05) is 12.0 Å². The van der Waals surface area contributed by atoms with Crippen molar-refractivity contribution in [3.05, 3.63) is 47.4 Å². The summed E-state index contributed by atoms with van der Waals surface area (Å²) in [5.41, 5.74) is 6.04. The summed E-state index contributed by atoms with van der Waals surface area (Å²) in [6, 6.07) is 5.87. The molecule has 0 heterocycles. The predicted molar refractivity (Wildman–Crippen MR) is 65.0 cm³/mol. The minimum Gasteiger partial charge on any atom is -0.326 e. The number of nitrogens with two attached hydrogens (primary N) is 1. The molecule has 0 bridgehead atoms. The minimum atomic E-state index is -0.358. The molecule has 0 saturated heterocycles. The van der Waals surface area contributed by atoms with E-state index in [4.69, 9.17) is 5.73 Å². The molecule has 4 heteroatoms. The number of rotatable bonds is 3. The number of aliphatic imine (C=N–C) groups is 1. The molecule has 0 aromatic heterocycles. The van der Waals surface area contributed by atoms with Crippen molar-refractivity contribution in [2.45, 2.75) is 0 Å². The van der Waals surface area contributed by atoms with Crippen LogP contribution in [0.15, 0.2) is 41.0 Å². The van der Waals surface area contributed by atoms with E-state index in [1.807, 2.05) is 0 Å². The van der Waals surface area contributed by atoms with Crippen molar-refractivity contribution >= 4 is 12.5 Å². The fourth-order valence-electron chi connectivity index (χ4n) is 1.03. The zero-order valence-corrected chi connectivity index (χ0v) is 9.06. The van der Waals surface area contributed by atoms with Gasteiger partial charge >= 0.3 is 0 Å². The molecule has 1 aromatic rings. The Balaban J connectivity index is 2.91. The van der Waals surface area contributed by atoms with Gasteiger partial charge in [0.05, 0.1) is 0 Å². The highest BCUT2D eigenvalue weighted by Crippen LogP contribution is 2.02. The summed E-state index contributed by atoms with van der Waals surface area (Å²) in [4.78, 5) is 14.2. The topological polar surface area (TPSA) is 55.4 Å². The lowest BCUT2D eigenvalue weighted by Gasteiger charge is -1.90. The first-order chi connectivity index (χ1) is 8.26. The van der Waals surface area contributed by atoms with Crippen LogP contribution in [0.3, 0.4) is 0 Å². The number of halogens is 1. The van der Waals surface area contributed by atoms with E-state index in [0.717, 1.165) is 0 Å². The van der Waals surface area contributed by atoms with E-state index in [1.165, 1.54) is 24.4 Å². The molecule has 0 spiro atoms. The van der Waals surface area contributed by atoms with Crippen molar-refractivity contribution in [1.29, 1.82) is 0 Å². The van der Waals surface area contributed by atoms with E-state index in [-0.39, 0.29) is 18.1 Å². The van der Waals surface area contributed by atoms with Gasteiger partial charge in [-0.25, -0.2) is 4.39 Å².